The van der Waals surface area contributed by atoms with Gasteiger partial charge in [0.05, 0.1) is 18.4 Å². The highest BCUT2D eigenvalue weighted by Gasteiger charge is 2.07. The Morgan fingerprint density at radius 3 is 3.26 bits per heavy atom. The quantitative estimate of drug-likeness (QED) is 0.730. The van der Waals surface area contributed by atoms with Crippen LogP contribution >= 0.6 is 11.3 Å². The third-order valence-corrected chi connectivity index (χ3v) is 3.53. The van der Waals surface area contributed by atoms with E-state index in [1.54, 1.807) is 23.9 Å². The fraction of sp³-hybridized carbons (Fsp3) is 0.250. The second kappa shape index (κ2) is 5.23. The van der Waals surface area contributed by atoms with Crippen molar-refractivity contribution in [2.24, 2.45) is 0 Å². The predicted octanol–water partition coefficient (Wildman–Crippen LogP) is 1.02. The zero-order valence-corrected chi connectivity index (χ0v) is 11.0. The minimum absolute atomic E-state index is 0.00901. The van der Waals surface area contributed by atoms with E-state index in [4.69, 9.17) is 0 Å². The molecule has 0 unspecified atom stereocenters. The molecule has 3 heterocycles. The summed E-state index contributed by atoms with van der Waals surface area (Å²) in [5, 5.41) is 4.84. The van der Waals surface area contributed by atoms with Crippen LogP contribution in [0.3, 0.4) is 0 Å². The summed E-state index contributed by atoms with van der Waals surface area (Å²) in [5.41, 5.74) is 1.81. The van der Waals surface area contributed by atoms with Gasteiger partial charge in [0.25, 0.3) is 0 Å². The van der Waals surface area contributed by atoms with Gasteiger partial charge in [0.2, 0.25) is 5.91 Å². The maximum atomic E-state index is 11.8. The van der Waals surface area contributed by atoms with Gasteiger partial charge in [-0.15, -0.1) is 11.3 Å². The summed E-state index contributed by atoms with van der Waals surface area (Å²) in [6.07, 6.45) is 8.29. The molecule has 0 radical (unpaired) electrons. The number of aromatic amines is 1. The van der Waals surface area contributed by atoms with Gasteiger partial charge in [0, 0.05) is 42.6 Å². The minimum atomic E-state index is -0.00901. The Balaban J connectivity index is 1.49. The van der Waals surface area contributed by atoms with Crippen LogP contribution in [0.15, 0.2) is 30.3 Å². The van der Waals surface area contributed by atoms with E-state index in [9.17, 15) is 4.79 Å². The Morgan fingerprint density at radius 1 is 1.53 bits per heavy atom. The molecule has 0 fully saturated rings. The van der Waals surface area contributed by atoms with Crippen LogP contribution in [0.25, 0.3) is 4.96 Å². The maximum absolute atomic E-state index is 11.8. The number of H-pyrrole nitrogens is 1. The van der Waals surface area contributed by atoms with E-state index in [0.29, 0.717) is 13.0 Å². The molecule has 3 rings (SSSR count). The molecular weight excluding hydrogens is 262 g/mol. The van der Waals surface area contributed by atoms with Gasteiger partial charge in [-0.2, -0.15) is 0 Å². The van der Waals surface area contributed by atoms with Gasteiger partial charge in [0.15, 0.2) is 4.96 Å². The average Bonchev–Trinajstić information content (AvgIpc) is 3.04. The van der Waals surface area contributed by atoms with E-state index in [-0.39, 0.29) is 5.91 Å². The average molecular weight is 275 g/mol. The highest BCUT2D eigenvalue weighted by atomic mass is 32.1. The summed E-state index contributed by atoms with van der Waals surface area (Å²) in [5.74, 6) is -0.00901. The summed E-state index contributed by atoms with van der Waals surface area (Å²) in [4.78, 5) is 24.0. The number of imidazole rings is 2. The van der Waals surface area contributed by atoms with E-state index >= 15 is 0 Å². The Labute approximate surface area is 113 Å². The Kier molecular flexibility index (Phi) is 3.28. The second-order valence-electron chi connectivity index (χ2n) is 4.18. The van der Waals surface area contributed by atoms with Gasteiger partial charge in [-0.05, 0) is 0 Å². The zero-order valence-electron chi connectivity index (χ0n) is 10.2. The number of hydrogen-bond acceptors (Lipinski definition) is 4. The summed E-state index contributed by atoms with van der Waals surface area (Å²) < 4.78 is 1.93. The number of fused-ring (bicyclic) bond motifs is 1. The third kappa shape index (κ3) is 2.82. The number of nitrogens with zero attached hydrogens (tertiary/aromatic N) is 3. The van der Waals surface area contributed by atoms with Crippen molar-refractivity contribution in [1.82, 2.24) is 24.7 Å². The second-order valence-corrected chi connectivity index (χ2v) is 5.05. The first-order valence-corrected chi connectivity index (χ1v) is 6.84. The van der Waals surface area contributed by atoms with Gasteiger partial charge < -0.3 is 10.3 Å². The summed E-state index contributed by atoms with van der Waals surface area (Å²) in [7, 11) is 0. The number of carbonyl (C=O) groups excluding carboxylic acids is 1. The van der Waals surface area contributed by atoms with Gasteiger partial charge >= 0.3 is 0 Å². The van der Waals surface area contributed by atoms with Crippen LogP contribution in [0, 0.1) is 0 Å². The first-order chi connectivity index (χ1) is 9.31. The van der Waals surface area contributed by atoms with Crippen molar-refractivity contribution >= 4 is 22.2 Å². The zero-order chi connectivity index (χ0) is 13.1. The van der Waals surface area contributed by atoms with Crippen LogP contribution in [-0.4, -0.2) is 31.8 Å². The SMILES string of the molecule is O=C(Cc1cn2ccsc2n1)NCCc1cnc[nH]1. The molecule has 3 aromatic rings. The standard InChI is InChI=1S/C12H13N5OS/c18-11(14-2-1-9-6-13-8-15-9)5-10-7-17-3-4-19-12(17)16-10/h3-4,6-8H,1-2,5H2,(H,13,15)(H,14,18). The number of hydrogen-bond donors (Lipinski definition) is 2. The van der Waals surface area contributed by atoms with E-state index in [1.165, 1.54) is 0 Å². The van der Waals surface area contributed by atoms with Crippen molar-refractivity contribution < 1.29 is 4.79 Å². The van der Waals surface area contributed by atoms with Crippen LogP contribution in [0.2, 0.25) is 0 Å². The Morgan fingerprint density at radius 2 is 2.47 bits per heavy atom. The lowest BCUT2D eigenvalue weighted by Crippen LogP contribution is -2.27. The van der Waals surface area contributed by atoms with Crippen molar-refractivity contribution in [3.63, 3.8) is 0 Å². The normalized spacial score (nSPS) is 10.9. The lowest BCUT2D eigenvalue weighted by atomic mass is 10.3. The van der Waals surface area contributed by atoms with Crippen LogP contribution in [0.4, 0.5) is 0 Å². The van der Waals surface area contributed by atoms with Crippen LogP contribution in [0.5, 0.6) is 0 Å². The fourth-order valence-electron chi connectivity index (χ4n) is 1.85. The number of amides is 1. The number of rotatable bonds is 5. The molecule has 0 aliphatic heterocycles. The molecule has 2 N–H and O–H groups in total. The van der Waals surface area contributed by atoms with Crippen molar-refractivity contribution in [3.05, 3.63) is 41.7 Å². The summed E-state index contributed by atoms with van der Waals surface area (Å²) in [6, 6.07) is 0. The van der Waals surface area contributed by atoms with Crippen LogP contribution < -0.4 is 5.32 Å². The monoisotopic (exact) mass is 275 g/mol. The van der Waals surface area contributed by atoms with Gasteiger partial charge in [0.1, 0.15) is 0 Å². The lowest BCUT2D eigenvalue weighted by Gasteiger charge is -2.02. The molecule has 0 aliphatic rings. The molecule has 7 heteroatoms. The molecule has 98 valence electrons. The maximum Gasteiger partial charge on any atom is 0.226 e. The number of carbonyl (C=O) groups is 1. The van der Waals surface area contributed by atoms with Gasteiger partial charge in [-0.1, -0.05) is 0 Å². The largest absolute Gasteiger partial charge is 0.355 e. The van der Waals surface area contributed by atoms with E-state index in [1.807, 2.05) is 22.2 Å². The molecule has 0 bridgehead atoms. The first kappa shape index (κ1) is 11.9. The molecule has 0 aliphatic carbocycles. The van der Waals surface area contributed by atoms with Crippen molar-refractivity contribution in [2.45, 2.75) is 12.8 Å². The van der Waals surface area contributed by atoms with Crippen LogP contribution in [0.1, 0.15) is 11.4 Å². The van der Waals surface area contributed by atoms with Crippen molar-refractivity contribution in [2.75, 3.05) is 6.54 Å². The van der Waals surface area contributed by atoms with E-state index < -0.39 is 0 Å². The summed E-state index contributed by atoms with van der Waals surface area (Å²) in [6.45, 7) is 0.600. The third-order valence-electron chi connectivity index (χ3n) is 2.76. The van der Waals surface area contributed by atoms with Gasteiger partial charge in [-0.25, -0.2) is 9.97 Å². The number of nitrogens with one attached hydrogen (secondary N) is 2. The van der Waals surface area contributed by atoms with Crippen molar-refractivity contribution in [1.29, 1.82) is 0 Å². The highest BCUT2D eigenvalue weighted by molar-refractivity contribution is 7.15. The lowest BCUT2D eigenvalue weighted by molar-refractivity contribution is -0.120. The molecule has 0 saturated heterocycles. The molecule has 1 amide bonds. The number of aromatic nitrogens is 4. The highest BCUT2D eigenvalue weighted by Crippen LogP contribution is 2.11. The molecule has 6 nitrogen and oxygen atoms in total. The smallest absolute Gasteiger partial charge is 0.226 e. The molecule has 0 atom stereocenters. The Hall–Kier alpha value is -2.15. The predicted molar refractivity (Wildman–Crippen MR) is 72.1 cm³/mol. The van der Waals surface area contributed by atoms with E-state index in [2.05, 4.69) is 20.3 Å². The van der Waals surface area contributed by atoms with E-state index in [0.717, 1.165) is 22.8 Å². The molecular formula is C12H13N5OS. The molecule has 0 saturated carbocycles. The topological polar surface area (TPSA) is 75.1 Å². The van der Waals surface area contributed by atoms with Crippen LogP contribution in [-0.2, 0) is 17.6 Å². The van der Waals surface area contributed by atoms with Crippen molar-refractivity contribution in [3.8, 4) is 0 Å². The van der Waals surface area contributed by atoms with Gasteiger partial charge in [-0.3, -0.25) is 9.20 Å². The first-order valence-electron chi connectivity index (χ1n) is 5.96. The number of thiazole rings is 1. The minimum Gasteiger partial charge on any atom is -0.355 e. The molecule has 3 aromatic heterocycles. The molecule has 0 spiro atoms. The molecule has 0 aromatic carbocycles. The molecule has 19 heavy (non-hydrogen) atoms. The summed E-state index contributed by atoms with van der Waals surface area (Å²) >= 11 is 1.56. The Bertz CT molecular complexity index is 641. The fourth-order valence-corrected chi connectivity index (χ4v) is 2.57.